The lowest BCUT2D eigenvalue weighted by Crippen LogP contribution is -2.22. The van der Waals surface area contributed by atoms with Crippen LogP contribution >= 0.6 is 0 Å². The van der Waals surface area contributed by atoms with Gasteiger partial charge in [-0.3, -0.25) is 0 Å². The smallest absolute Gasteiger partial charge is 0.262 e. The van der Waals surface area contributed by atoms with Crippen molar-refractivity contribution in [1.82, 2.24) is 0 Å². The second-order valence-electron chi connectivity index (χ2n) is 3.15. The molecule has 0 atom stereocenters. The summed E-state index contributed by atoms with van der Waals surface area (Å²) < 4.78 is 29.9. The van der Waals surface area contributed by atoms with Crippen molar-refractivity contribution >= 4 is 5.69 Å². The van der Waals surface area contributed by atoms with Gasteiger partial charge in [0.25, 0.3) is 5.92 Å². The highest BCUT2D eigenvalue weighted by Crippen LogP contribution is 2.17. The van der Waals surface area contributed by atoms with E-state index in [1.54, 1.807) is 31.4 Å². The van der Waals surface area contributed by atoms with Gasteiger partial charge in [0.1, 0.15) is 5.75 Å². The van der Waals surface area contributed by atoms with Crippen LogP contribution in [0.15, 0.2) is 24.3 Å². The number of halogens is 2. The molecule has 0 aliphatic rings. The monoisotopic (exact) mass is 201 g/mol. The summed E-state index contributed by atoms with van der Waals surface area (Å²) in [5, 5.41) is 2.63. The van der Waals surface area contributed by atoms with Crippen LogP contribution in [-0.4, -0.2) is 19.6 Å². The number of benzene rings is 1. The van der Waals surface area contributed by atoms with Gasteiger partial charge in [-0.25, -0.2) is 8.78 Å². The van der Waals surface area contributed by atoms with Gasteiger partial charge in [-0.15, -0.1) is 0 Å². The largest absolute Gasteiger partial charge is 0.497 e. The number of alkyl halides is 2. The Balaban J connectivity index is 2.52. The molecule has 4 heteroatoms. The summed E-state index contributed by atoms with van der Waals surface area (Å²) in [5.74, 6) is -1.99. The van der Waals surface area contributed by atoms with Crippen LogP contribution in [0, 0.1) is 0 Å². The van der Waals surface area contributed by atoms with Gasteiger partial charge >= 0.3 is 0 Å². The van der Waals surface area contributed by atoms with Gasteiger partial charge in [-0.2, -0.15) is 0 Å². The summed E-state index contributed by atoms with van der Waals surface area (Å²) in [4.78, 5) is 0. The molecule has 0 radical (unpaired) electrons. The molecule has 2 nitrogen and oxygen atoms in total. The number of methoxy groups -OCH3 is 1. The van der Waals surface area contributed by atoms with E-state index in [-0.39, 0.29) is 6.54 Å². The van der Waals surface area contributed by atoms with Crippen molar-refractivity contribution in [2.24, 2.45) is 0 Å². The molecule has 0 saturated carbocycles. The Kier molecular flexibility index (Phi) is 3.28. The predicted octanol–water partition coefficient (Wildman–Crippen LogP) is 2.76. The highest BCUT2D eigenvalue weighted by atomic mass is 19.3. The summed E-state index contributed by atoms with van der Waals surface area (Å²) in [7, 11) is 1.56. The fourth-order valence-electron chi connectivity index (χ4n) is 0.966. The van der Waals surface area contributed by atoms with E-state index in [9.17, 15) is 8.78 Å². The maximum Gasteiger partial charge on any atom is 0.262 e. The molecular formula is C10H13F2NO. The van der Waals surface area contributed by atoms with Crippen molar-refractivity contribution in [3.05, 3.63) is 24.3 Å². The van der Waals surface area contributed by atoms with Crippen LogP contribution in [0.2, 0.25) is 0 Å². The molecule has 0 amide bonds. The zero-order chi connectivity index (χ0) is 10.6. The maximum atomic E-state index is 12.5. The minimum Gasteiger partial charge on any atom is -0.497 e. The molecule has 0 aromatic heterocycles. The maximum absolute atomic E-state index is 12.5. The van der Waals surface area contributed by atoms with Crippen molar-refractivity contribution in [3.8, 4) is 5.75 Å². The number of rotatable bonds is 4. The van der Waals surface area contributed by atoms with Crippen LogP contribution < -0.4 is 10.1 Å². The molecule has 0 spiro atoms. The summed E-state index contributed by atoms with van der Waals surface area (Å²) in [5.41, 5.74) is 0.660. The first-order valence-electron chi connectivity index (χ1n) is 4.27. The second kappa shape index (κ2) is 4.26. The average Bonchev–Trinajstić information content (AvgIpc) is 2.14. The van der Waals surface area contributed by atoms with E-state index in [2.05, 4.69) is 5.32 Å². The third kappa shape index (κ3) is 3.60. The first-order valence-corrected chi connectivity index (χ1v) is 4.27. The topological polar surface area (TPSA) is 21.3 Å². The molecule has 0 bridgehead atoms. The van der Waals surface area contributed by atoms with Crippen molar-refractivity contribution < 1.29 is 13.5 Å². The van der Waals surface area contributed by atoms with Crippen LogP contribution in [0.5, 0.6) is 5.75 Å². The van der Waals surface area contributed by atoms with Gasteiger partial charge in [-0.05, 0) is 24.3 Å². The number of nitrogens with one attached hydrogen (secondary N) is 1. The van der Waals surface area contributed by atoms with Crippen LogP contribution in [0.4, 0.5) is 14.5 Å². The Labute approximate surface area is 81.9 Å². The van der Waals surface area contributed by atoms with Crippen LogP contribution in [0.3, 0.4) is 0 Å². The van der Waals surface area contributed by atoms with E-state index in [0.717, 1.165) is 6.92 Å². The summed E-state index contributed by atoms with van der Waals surface area (Å²) in [6.07, 6.45) is 0. The van der Waals surface area contributed by atoms with E-state index in [1.165, 1.54) is 0 Å². The molecule has 14 heavy (non-hydrogen) atoms. The van der Waals surface area contributed by atoms with E-state index in [0.29, 0.717) is 11.4 Å². The van der Waals surface area contributed by atoms with Crippen LogP contribution in [0.25, 0.3) is 0 Å². The Morgan fingerprint density at radius 3 is 2.29 bits per heavy atom. The van der Waals surface area contributed by atoms with Gasteiger partial charge in [0.15, 0.2) is 0 Å². The second-order valence-corrected chi connectivity index (χ2v) is 3.15. The van der Waals surface area contributed by atoms with Gasteiger partial charge in [-0.1, -0.05) is 0 Å². The van der Waals surface area contributed by atoms with Gasteiger partial charge in [0.05, 0.1) is 13.7 Å². The number of hydrogen-bond donors (Lipinski definition) is 1. The fourth-order valence-corrected chi connectivity index (χ4v) is 0.966. The molecule has 1 aromatic carbocycles. The Hall–Kier alpha value is -1.32. The zero-order valence-corrected chi connectivity index (χ0v) is 8.18. The van der Waals surface area contributed by atoms with Crippen molar-refractivity contribution in [2.75, 3.05) is 19.0 Å². The average molecular weight is 201 g/mol. The summed E-state index contributed by atoms with van der Waals surface area (Å²) in [6, 6.07) is 6.83. The summed E-state index contributed by atoms with van der Waals surface area (Å²) in [6.45, 7) is 0.517. The van der Waals surface area contributed by atoms with Crippen molar-refractivity contribution in [1.29, 1.82) is 0 Å². The number of hydrogen-bond acceptors (Lipinski definition) is 2. The molecule has 0 fully saturated rings. The Morgan fingerprint density at radius 2 is 1.86 bits per heavy atom. The molecular weight excluding hydrogens is 188 g/mol. The Morgan fingerprint density at radius 1 is 1.29 bits per heavy atom. The SMILES string of the molecule is COc1ccc(NCC(C)(F)F)cc1. The highest BCUT2D eigenvalue weighted by Gasteiger charge is 2.19. The standard InChI is InChI=1S/C10H13F2NO/c1-10(11,12)7-13-8-3-5-9(14-2)6-4-8/h3-6,13H,7H2,1-2H3. The molecule has 0 heterocycles. The molecule has 0 unspecified atom stereocenters. The molecule has 1 rings (SSSR count). The van der Waals surface area contributed by atoms with Gasteiger partial charge in [0, 0.05) is 12.6 Å². The quantitative estimate of drug-likeness (QED) is 0.808. The van der Waals surface area contributed by atoms with Gasteiger partial charge in [0.2, 0.25) is 0 Å². The summed E-state index contributed by atoms with van der Waals surface area (Å²) >= 11 is 0. The van der Waals surface area contributed by atoms with Gasteiger partial charge < -0.3 is 10.1 Å². The Bertz CT molecular complexity index is 279. The molecule has 78 valence electrons. The lowest BCUT2D eigenvalue weighted by Gasteiger charge is -2.12. The molecule has 0 aliphatic heterocycles. The lowest BCUT2D eigenvalue weighted by molar-refractivity contribution is 0.0368. The molecule has 1 N–H and O–H groups in total. The first-order chi connectivity index (χ1) is 6.51. The molecule has 0 saturated heterocycles. The van der Waals surface area contributed by atoms with E-state index in [4.69, 9.17) is 4.74 Å². The van der Waals surface area contributed by atoms with E-state index < -0.39 is 5.92 Å². The normalized spacial score (nSPS) is 11.1. The van der Waals surface area contributed by atoms with E-state index >= 15 is 0 Å². The minimum absolute atomic E-state index is 0.362. The predicted molar refractivity (Wildman–Crippen MR) is 52.1 cm³/mol. The highest BCUT2D eigenvalue weighted by molar-refractivity contribution is 5.46. The number of anilines is 1. The third-order valence-electron chi connectivity index (χ3n) is 1.69. The zero-order valence-electron chi connectivity index (χ0n) is 8.18. The van der Waals surface area contributed by atoms with Crippen molar-refractivity contribution in [2.45, 2.75) is 12.8 Å². The first kappa shape index (κ1) is 10.8. The third-order valence-corrected chi connectivity index (χ3v) is 1.69. The lowest BCUT2D eigenvalue weighted by atomic mass is 10.3. The molecule has 0 aliphatic carbocycles. The van der Waals surface area contributed by atoms with Crippen LogP contribution in [-0.2, 0) is 0 Å². The van der Waals surface area contributed by atoms with Crippen molar-refractivity contribution in [3.63, 3.8) is 0 Å². The fraction of sp³-hybridized carbons (Fsp3) is 0.400. The number of ether oxygens (including phenoxy) is 1. The molecule has 1 aromatic rings. The van der Waals surface area contributed by atoms with E-state index in [1.807, 2.05) is 0 Å². The van der Waals surface area contributed by atoms with Crippen LogP contribution in [0.1, 0.15) is 6.92 Å². The minimum atomic E-state index is -2.69.